The quantitative estimate of drug-likeness (QED) is 0.591. The highest BCUT2D eigenvalue weighted by molar-refractivity contribution is 6.48. The molecule has 0 aromatic rings. The second-order valence-electron chi connectivity index (χ2n) is 5.38. The van der Waals surface area contributed by atoms with Crippen molar-refractivity contribution >= 4 is 9.04 Å². The zero-order valence-electron chi connectivity index (χ0n) is 10.9. The zero-order valence-corrected chi connectivity index (χ0v) is 12.1. The van der Waals surface area contributed by atoms with Crippen LogP contribution in [0.15, 0.2) is 0 Å². The summed E-state index contributed by atoms with van der Waals surface area (Å²) in [6, 6.07) is -0.0499. The summed E-state index contributed by atoms with van der Waals surface area (Å²) in [5.41, 5.74) is 5.79. The summed E-state index contributed by atoms with van der Waals surface area (Å²) in [6.45, 7) is 13.6. The Morgan fingerprint density at radius 1 is 1.27 bits per heavy atom. The molecule has 3 heteroatoms. The number of hydrogen-bond donors (Lipinski definition) is 1. The maximum atomic E-state index is 5.76. The fourth-order valence-electron chi connectivity index (χ4n) is 1.03. The Kier molecular flexibility index (Phi) is 6.19. The SMILES string of the molecule is CC(N)C#CC(CO[SiH](C)C)C(C)(C)C. The normalized spacial score (nSPS) is 15.7. The minimum Gasteiger partial charge on any atom is -0.419 e. The molecule has 2 unspecified atom stereocenters. The average Bonchev–Trinajstić information content (AvgIpc) is 2.00. The van der Waals surface area contributed by atoms with Crippen molar-refractivity contribution in [3.63, 3.8) is 0 Å². The van der Waals surface area contributed by atoms with Crippen LogP contribution in [-0.4, -0.2) is 21.7 Å². The monoisotopic (exact) mass is 227 g/mol. The van der Waals surface area contributed by atoms with Crippen LogP contribution in [0, 0.1) is 23.2 Å². The highest BCUT2D eigenvalue weighted by Gasteiger charge is 2.23. The van der Waals surface area contributed by atoms with Gasteiger partial charge in [0.1, 0.15) is 0 Å². The van der Waals surface area contributed by atoms with Gasteiger partial charge in [-0.05, 0) is 25.4 Å². The molecule has 0 bridgehead atoms. The van der Waals surface area contributed by atoms with Crippen LogP contribution in [0.1, 0.15) is 27.7 Å². The first kappa shape index (κ1) is 14.7. The second-order valence-corrected chi connectivity index (χ2v) is 7.81. The molecule has 0 aliphatic carbocycles. The van der Waals surface area contributed by atoms with Crippen molar-refractivity contribution in [3.8, 4) is 11.8 Å². The molecule has 2 nitrogen and oxygen atoms in total. The molecule has 88 valence electrons. The zero-order chi connectivity index (χ0) is 12.1. The second kappa shape index (κ2) is 6.32. The van der Waals surface area contributed by atoms with Gasteiger partial charge in [-0.3, -0.25) is 0 Å². The lowest BCUT2D eigenvalue weighted by molar-refractivity contribution is 0.192. The van der Waals surface area contributed by atoms with Crippen molar-refractivity contribution < 1.29 is 4.43 Å². The summed E-state index contributed by atoms with van der Waals surface area (Å²) in [4.78, 5) is 0. The lowest BCUT2D eigenvalue weighted by Crippen LogP contribution is -2.27. The van der Waals surface area contributed by atoms with Gasteiger partial charge in [-0.2, -0.15) is 0 Å². The highest BCUT2D eigenvalue weighted by atomic mass is 28.3. The third kappa shape index (κ3) is 7.61. The van der Waals surface area contributed by atoms with Crippen LogP contribution in [0.4, 0.5) is 0 Å². The third-order valence-corrected chi connectivity index (χ3v) is 2.99. The fraction of sp³-hybridized carbons (Fsp3) is 0.833. The molecule has 0 aliphatic heterocycles. The molecule has 0 aromatic heterocycles. The molecule has 2 atom stereocenters. The van der Waals surface area contributed by atoms with Gasteiger partial charge in [0.25, 0.3) is 0 Å². The van der Waals surface area contributed by atoms with Crippen molar-refractivity contribution in [3.05, 3.63) is 0 Å². The Bertz CT molecular complexity index is 232. The van der Waals surface area contributed by atoms with Crippen molar-refractivity contribution in [2.75, 3.05) is 6.61 Å². The summed E-state index contributed by atoms with van der Waals surface area (Å²) in [5, 5.41) is 0. The minimum atomic E-state index is -0.947. The van der Waals surface area contributed by atoms with Crippen LogP contribution in [0.5, 0.6) is 0 Å². The summed E-state index contributed by atoms with van der Waals surface area (Å²) < 4.78 is 5.76. The van der Waals surface area contributed by atoms with E-state index < -0.39 is 9.04 Å². The van der Waals surface area contributed by atoms with E-state index in [0.29, 0.717) is 0 Å². The molecule has 0 fully saturated rings. The van der Waals surface area contributed by atoms with E-state index in [0.717, 1.165) is 6.61 Å². The first-order valence-corrected chi connectivity index (χ1v) is 8.39. The molecule has 0 aromatic carbocycles. The molecule has 0 aliphatic rings. The van der Waals surface area contributed by atoms with Crippen molar-refractivity contribution in [1.82, 2.24) is 0 Å². The Hall–Kier alpha value is -0.303. The smallest absolute Gasteiger partial charge is 0.170 e. The third-order valence-electron chi connectivity index (χ3n) is 2.13. The number of nitrogens with two attached hydrogens (primary N) is 1. The summed E-state index contributed by atoms with van der Waals surface area (Å²) >= 11 is 0. The highest BCUT2D eigenvalue weighted by Crippen LogP contribution is 2.25. The number of rotatable bonds is 3. The summed E-state index contributed by atoms with van der Waals surface area (Å²) in [7, 11) is -0.947. The van der Waals surface area contributed by atoms with E-state index in [2.05, 4.69) is 45.7 Å². The van der Waals surface area contributed by atoms with E-state index in [4.69, 9.17) is 10.2 Å². The molecule has 0 saturated carbocycles. The average molecular weight is 227 g/mol. The Balaban J connectivity index is 4.42. The molecule has 0 radical (unpaired) electrons. The van der Waals surface area contributed by atoms with Gasteiger partial charge in [-0.25, -0.2) is 0 Å². The lowest BCUT2D eigenvalue weighted by Gasteiger charge is -2.27. The molecule has 0 rings (SSSR count). The van der Waals surface area contributed by atoms with E-state index in [9.17, 15) is 0 Å². The van der Waals surface area contributed by atoms with Crippen LogP contribution in [-0.2, 0) is 4.43 Å². The van der Waals surface area contributed by atoms with Gasteiger partial charge in [-0.1, -0.05) is 32.6 Å². The van der Waals surface area contributed by atoms with Crippen LogP contribution in [0.2, 0.25) is 13.1 Å². The van der Waals surface area contributed by atoms with Crippen molar-refractivity contribution in [2.45, 2.75) is 46.8 Å². The first-order chi connectivity index (χ1) is 6.73. The molecule has 0 heterocycles. The van der Waals surface area contributed by atoms with E-state index >= 15 is 0 Å². The maximum Gasteiger partial charge on any atom is 0.170 e. The standard InChI is InChI=1S/C12H25NOSi/c1-10(13)7-8-11(12(2,3)4)9-14-15(5)6/h10-11,15H,9,13H2,1-6H3. The van der Waals surface area contributed by atoms with E-state index in [1.54, 1.807) is 0 Å². The van der Waals surface area contributed by atoms with Gasteiger partial charge in [0.05, 0.1) is 6.04 Å². The largest absolute Gasteiger partial charge is 0.419 e. The van der Waals surface area contributed by atoms with Crippen molar-refractivity contribution in [2.24, 2.45) is 17.1 Å². The Labute approximate surface area is 96.3 Å². The fourth-order valence-corrected chi connectivity index (χ4v) is 1.61. The van der Waals surface area contributed by atoms with Crippen LogP contribution in [0.3, 0.4) is 0 Å². The van der Waals surface area contributed by atoms with Gasteiger partial charge in [0, 0.05) is 12.5 Å². The maximum absolute atomic E-state index is 5.76. The molecule has 0 saturated heterocycles. The molecule has 2 N–H and O–H groups in total. The van der Waals surface area contributed by atoms with E-state index in [1.807, 2.05) is 6.92 Å². The van der Waals surface area contributed by atoms with Gasteiger partial charge in [-0.15, -0.1) is 0 Å². The number of hydrogen-bond acceptors (Lipinski definition) is 2. The molecule has 15 heavy (non-hydrogen) atoms. The summed E-state index contributed by atoms with van der Waals surface area (Å²) in [6.07, 6.45) is 0. The molecular formula is C12H25NOSi. The van der Waals surface area contributed by atoms with Crippen LogP contribution in [0.25, 0.3) is 0 Å². The molecule has 0 amide bonds. The van der Waals surface area contributed by atoms with Crippen LogP contribution >= 0.6 is 0 Å². The lowest BCUT2D eigenvalue weighted by atomic mass is 9.81. The van der Waals surface area contributed by atoms with Crippen molar-refractivity contribution in [1.29, 1.82) is 0 Å². The molecular weight excluding hydrogens is 202 g/mol. The predicted octanol–water partition coefficient (Wildman–Crippen LogP) is 2.00. The van der Waals surface area contributed by atoms with E-state index in [1.165, 1.54) is 0 Å². The Morgan fingerprint density at radius 2 is 1.80 bits per heavy atom. The van der Waals surface area contributed by atoms with Gasteiger partial charge in [0.15, 0.2) is 9.04 Å². The molecule has 0 spiro atoms. The van der Waals surface area contributed by atoms with Crippen LogP contribution < -0.4 is 5.73 Å². The predicted molar refractivity (Wildman–Crippen MR) is 69.2 cm³/mol. The topological polar surface area (TPSA) is 35.2 Å². The first-order valence-electron chi connectivity index (χ1n) is 5.61. The van der Waals surface area contributed by atoms with Gasteiger partial charge in [0.2, 0.25) is 0 Å². The van der Waals surface area contributed by atoms with E-state index in [-0.39, 0.29) is 17.4 Å². The van der Waals surface area contributed by atoms with Gasteiger partial charge >= 0.3 is 0 Å². The summed E-state index contributed by atoms with van der Waals surface area (Å²) in [5.74, 6) is 6.55. The minimum absolute atomic E-state index is 0.0499. The Morgan fingerprint density at radius 3 is 2.13 bits per heavy atom. The van der Waals surface area contributed by atoms with Gasteiger partial charge < -0.3 is 10.2 Å².